The molecule has 5 N–H and O–H groups in total. The molecule has 35 heavy (non-hydrogen) atoms. The maximum Gasteiger partial charge on any atom is 0.240 e. The molecule has 5 nitrogen and oxygen atoms in total. The minimum Gasteiger partial charge on any atom is -0.390 e. The Balaban J connectivity index is 1.61. The first-order valence-electron chi connectivity index (χ1n) is 14.2. The molecule has 0 heterocycles. The van der Waals surface area contributed by atoms with Crippen molar-refractivity contribution in [3.05, 3.63) is 11.6 Å². The Morgan fingerprint density at radius 1 is 0.943 bits per heavy atom. The van der Waals surface area contributed by atoms with Crippen molar-refractivity contribution in [2.45, 2.75) is 118 Å². The maximum atomic E-state index is 13.3. The van der Waals surface area contributed by atoms with Crippen LogP contribution in [0.4, 0.5) is 0 Å². The first-order chi connectivity index (χ1) is 16.1. The summed E-state index contributed by atoms with van der Waals surface area (Å²) in [5.74, 6) is 6.91. The predicted octanol–water partition coefficient (Wildman–Crippen LogP) is 5.11. The molecule has 0 saturated heterocycles. The monoisotopic (exact) mass is 486 g/mol. The van der Waals surface area contributed by atoms with Crippen LogP contribution in [-0.2, 0) is 4.79 Å². The molecule has 4 fully saturated rings. The average Bonchev–Trinajstić information content (AvgIpc) is 2.77. The Morgan fingerprint density at radius 3 is 2.26 bits per heavy atom. The van der Waals surface area contributed by atoms with Crippen molar-refractivity contribution >= 4 is 5.91 Å². The second-order valence-electron chi connectivity index (χ2n) is 15.4. The molecule has 5 heteroatoms. The van der Waals surface area contributed by atoms with Gasteiger partial charge in [0, 0.05) is 0 Å². The van der Waals surface area contributed by atoms with E-state index in [0.29, 0.717) is 18.3 Å². The summed E-state index contributed by atoms with van der Waals surface area (Å²) < 4.78 is 0. The number of hydrogen-bond acceptors (Lipinski definition) is 4. The molecule has 5 rings (SSSR count). The number of fused-ring (bicyclic) bond motifs is 7. The zero-order chi connectivity index (χ0) is 25.8. The Labute approximate surface area is 212 Å². The molecule has 0 aromatic carbocycles. The number of carbonyl (C=O) groups excluding carboxylic acids is 1. The molecule has 0 aliphatic heterocycles. The number of nitrogens with one attached hydrogen (secondary N) is 1. The summed E-state index contributed by atoms with van der Waals surface area (Å²) in [5, 5.41) is 21.9. The van der Waals surface area contributed by atoms with Gasteiger partial charge in [-0.2, -0.15) is 0 Å². The minimum atomic E-state index is -0.668. The van der Waals surface area contributed by atoms with Crippen molar-refractivity contribution in [2.24, 2.45) is 56.1 Å². The van der Waals surface area contributed by atoms with Crippen LogP contribution in [0.1, 0.15) is 106 Å². The highest BCUT2D eigenvalue weighted by Gasteiger charge is 2.69. The third-order valence-corrected chi connectivity index (χ3v) is 13.2. The summed E-state index contributed by atoms with van der Waals surface area (Å²) in [7, 11) is 0. The SMILES string of the molecule is CC1(C)CC[C@]2(C(=O)NN)CC[C@@]3(C)C(=CC[C@H]4[C@@]5(C)C[C@H](O)[C@H](O)C(C)(C)[C@@H]5CC[C@@]43C)[C@@H]2C1. The summed E-state index contributed by atoms with van der Waals surface area (Å²) >= 11 is 0. The number of hydrogen-bond donors (Lipinski definition) is 4. The Bertz CT molecular complexity index is 942. The Kier molecular flexibility index (Phi) is 5.56. The van der Waals surface area contributed by atoms with Crippen LogP contribution in [0.2, 0.25) is 0 Å². The molecular formula is C30H50N2O3. The number of carbonyl (C=O) groups is 1. The number of nitrogens with two attached hydrogens (primary N) is 1. The van der Waals surface area contributed by atoms with Gasteiger partial charge in [0.15, 0.2) is 0 Å². The number of allylic oxidation sites excluding steroid dienone is 2. The van der Waals surface area contributed by atoms with E-state index in [1.807, 2.05) is 0 Å². The molecule has 1 amide bonds. The molecule has 0 aromatic rings. The fourth-order valence-corrected chi connectivity index (χ4v) is 10.9. The van der Waals surface area contributed by atoms with E-state index in [9.17, 15) is 15.0 Å². The minimum absolute atomic E-state index is 0.0187. The Morgan fingerprint density at radius 2 is 1.60 bits per heavy atom. The van der Waals surface area contributed by atoms with Crippen LogP contribution in [0.15, 0.2) is 11.6 Å². The van der Waals surface area contributed by atoms with Crippen LogP contribution in [0.3, 0.4) is 0 Å². The largest absolute Gasteiger partial charge is 0.390 e. The van der Waals surface area contributed by atoms with Crippen molar-refractivity contribution in [1.29, 1.82) is 0 Å². The summed E-state index contributed by atoms with van der Waals surface area (Å²) in [6.45, 7) is 16.5. The van der Waals surface area contributed by atoms with Gasteiger partial charge in [-0.3, -0.25) is 10.2 Å². The number of hydrazine groups is 1. The van der Waals surface area contributed by atoms with Gasteiger partial charge in [0.25, 0.3) is 0 Å². The molecule has 0 radical (unpaired) electrons. The second-order valence-corrected chi connectivity index (χ2v) is 15.4. The molecular weight excluding hydrogens is 436 g/mol. The maximum absolute atomic E-state index is 13.3. The number of rotatable bonds is 1. The average molecular weight is 487 g/mol. The topological polar surface area (TPSA) is 95.6 Å². The van der Waals surface area contributed by atoms with Crippen LogP contribution in [0, 0.1) is 50.2 Å². The van der Waals surface area contributed by atoms with Crippen molar-refractivity contribution in [3.63, 3.8) is 0 Å². The number of aliphatic hydroxyl groups excluding tert-OH is 2. The number of aliphatic hydroxyl groups is 2. The zero-order valence-corrected chi connectivity index (χ0v) is 23.2. The van der Waals surface area contributed by atoms with Gasteiger partial charge in [0.05, 0.1) is 17.6 Å². The fraction of sp³-hybridized carbons (Fsp3) is 0.900. The lowest BCUT2D eigenvalue weighted by molar-refractivity contribution is -0.231. The molecule has 4 saturated carbocycles. The lowest BCUT2D eigenvalue weighted by atomic mass is 9.33. The zero-order valence-electron chi connectivity index (χ0n) is 23.2. The van der Waals surface area contributed by atoms with Gasteiger partial charge in [0.1, 0.15) is 0 Å². The lowest BCUT2D eigenvalue weighted by Gasteiger charge is -2.71. The van der Waals surface area contributed by atoms with E-state index in [1.165, 1.54) is 5.57 Å². The van der Waals surface area contributed by atoms with Crippen LogP contribution >= 0.6 is 0 Å². The van der Waals surface area contributed by atoms with E-state index in [0.717, 1.165) is 51.4 Å². The normalized spacial score (nSPS) is 52.2. The fourth-order valence-electron chi connectivity index (χ4n) is 10.9. The summed E-state index contributed by atoms with van der Waals surface area (Å²) in [6, 6.07) is 0. The van der Waals surface area contributed by atoms with Crippen LogP contribution in [0.25, 0.3) is 0 Å². The standard InChI is InChI=1S/C30H50N2O3/c1-25(2)12-14-30(24(35)32-31)15-13-28(6)18(19(30)16-25)8-9-22-27(5)17-20(33)23(34)26(3,4)21(27)10-11-29(22,28)7/h8,19-23,33-34H,9-17,31H2,1-7H3,(H,32,35)/t19-,20-,21-,22-,23-,27-,28-,29-,30-/m0/s1. The number of amides is 1. The van der Waals surface area contributed by atoms with E-state index in [1.54, 1.807) is 0 Å². The summed E-state index contributed by atoms with van der Waals surface area (Å²) in [6.07, 6.45) is 10.1. The highest BCUT2D eigenvalue weighted by atomic mass is 16.3. The molecule has 0 unspecified atom stereocenters. The van der Waals surface area contributed by atoms with E-state index < -0.39 is 12.2 Å². The first kappa shape index (κ1) is 25.7. The lowest BCUT2D eigenvalue weighted by Crippen LogP contribution is -2.67. The van der Waals surface area contributed by atoms with Crippen LogP contribution in [0.5, 0.6) is 0 Å². The molecule has 0 aromatic heterocycles. The van der Waals surface area contributed by atoms with Crippen molar-refractivity contribution in [2.75, 3.05) is 0 Å². The van der Waals surface area contributed by atoms with Gasteiger partial charge in [-0.1, -0.05) is 60.1 Å². The third-order valence-electron chi connectivity index (χ3n) is 13.2. The van der Waals surface area contributed by atoms with Crippen molar-refractivity contribution < 1.29 is 15.0 Å². The molecule has 9 atom stereocenters. The Hall–Kier alpha value is -0.910. The molecule has 198 valence electrons. The highest BCUT2D eigenvalue weighted by Crippen LogP contribution is 2.75. The summed E-state index contributed by atoms with van der Waals surface area (Å²) in [5.41, 5.74) is 3.75. The van der Waals surface area contributed by atoms with Gasteiger partial charge < -0.3 is 10.2 Å². The molecule has 5 aliphatic rings. The van der Waals surface area contributed by atoms with Crippen molar-refractivity contribution in [1.82, 2.24) is 5.43 Å². The highest BCUT2D eigenvalue weighted by molar-refractivity contribution is 5.83. The van der Waals surface area contributed by atoms with E-state index in [2.05, 4.69) is 60.0 Å². The van der Waals surface area contributed by atoms with Crippen LogP contribution < -0.4 is 11.3 Å². The van der Waals surface area contributed by atoms with Gasteiger partial charge >= 0.3 is 0 Å². The van der Waals surface area contributed by atoms with E-state index in [-0.39, 0.29) is 44.3 Å². The predicted molar refractivity (Wildman–Crippen MR) is 139 cm³/mol. The first-order valence-corrected chi connectivity index (χ1v) is 14.2. The van der Waals surface area contributed by atoms with Gasteiger partial charge in [-0.05, 0) is 103 Å². The van der Waals surface area contributed by atoms with E-state index in [4.69, 9.17) is 5.84 Å². The molecule has 0 spiro atoms. The molecule has 0 bridgehead atoms. The molecule has 5 aliphatic carbocycles. The van der Waals surface area contributed by atoms with Crippen molar-refractivity contribution in [3.8, 4) is 0 Å². The van der Waals surface area contributed by atoms with Gasteiger partial charge in [-0.15, -0.1) is 0 Å². The van der Waals surface area contributed by atoms with Gasteiger partial charge in [0.2, 0.25) is 5.91 Å². The van der Waals surface area contributed by atoms with E-state index >= 15 is 0 Å². The smallest absolute Gasteiger partial charge is 0.240 e. The third kappa shape index (κ3) is 3.13. The van der Waals surface area contributed by atoms with Gasteiger partial charge in [-0.25, -0.2) is 5.84 Å². The summed E-state index contributed by atoms with van der Waals surface area (Å²) in [4.78, 5) is 13.3. The van der Waals surface area contributed by atoms with Crippen LogP contribution in [-0.4, -0.2) is 28.3 Å². The second kappa shape index (κ2) is 7.57. The quantitative estimate of drug-likeness (QED) is 0.179.